The summed E-state index contributed by atoms with van der Waals surface area (Å²) in [6.45, 7) is 0. The maximum atomic E-state index is 2.44. The van der Waals surface area contributed by atoms with Crippen molar-refractivity contribution < 1.29 is 0 Å². The molecule has 11 aromatic rings. The van der Waals surface area contributed by atoms with E-state index in [1.807, 2.05) is 11.3 Å². The van der Waals surface area contributed by atoms with Crippen LogP contribution < -0.4 is 4.90 Å². The van der Waals surface area contributed by atoms with E-state index in [0.717, 1.165) is 11.4 Å². The summed E-state index contributed by atoms with van der Waals surface area (Å²) in [5.41, 5.74) is 8.24. The van der Waals surface area contributed by atoms with Gasteiger partial charge in [0.2, 0.25) is 0 Å². The zero-order valence-electron chi connectivity index (χ0n) is 29.4. The van der Waals surface area contributed by atoms with Gasteiger partial charge in [0.15, 0.2) is 0 Å². The molecule has 1 heterocycles. The normalized spacial score (nSPS) is 11.7. The Labute approximate surface area is 317 Å². The van der Waals surface area contributed by atoms with E-state index >= 15 is 0 Å². The number of thiophene rings is 1. The maximum Gasteiger partial charge on any atom is 0.0640 e. The van der Waals surface area contributed by atoms with Crippen LogP contribution in [0.5, 0.6) is 0 Å². The summed E-state index contributed by atoms with van der Waals surface area (Å²) < 4.78 is 2.59. The van der Waals surface area contributed by atoms with Gasteiger partial charge < -0.3 is 4.90 Å². The van der Waals surface area contributed by atoms with Gasteiger partial charge in [-0.1, -0.05) is 158 Å². The Morgan fingerprint density at radius 2 is 0.870 bits per heavy atom. The second kappa shape index (κ2) is 12.4. The van der Waals surface area contributed by atoms with Crippen LogP contribution >= 0.6 is 11.3 Å². The summed E-state index contributed by atoms with van der Waals surface area (Å²) in [6.07, 6.45) is 0. The van der Waals surface area contributed by atoms with Crippen LogP contribution in [-0.4, -0.2) is 0 Å². The molecule has 0 unspecified atom stereocenters. The van der Waals surface area contributed by atoms with E-state index in [4.69, 9.17) is 0 Å². The summed E-state index contributed by atoms with van der Waals surface area (Å²) in [4.78, 5) is 2.44. The molecule has 2 heteroatoms. The molecule has 0 radical (unpaired) electrons. The van der Waals surface area contributed by atoms with Gasteiger partial charge in [-0.15, -0.1) is 11.3 Å². The second-order valence-electron chi connectivity index (χ2n) is 14.1. The Hall–Kier alpha value is -6.74. The number of hydrogen-bond acceptors (Lipinski definition) is 2. The van der Waals surface area contributed by atoms with Crippen LogP contribution in [0.25, 0.3) is 85.5 Å². The highest BCUT2D eigenvalue weighted by molar-refractivity contribution is 7.26. The quantitative estimate of drug-likeness (QED) is 0.161. The van der Waals surface area contributed by atoms with Crippen LogP contribution in [0, 0.1) is 0 Å². The van der Waals surface area contributed by atoms with Crippen LogP contribution in [-0.2, 0) is 0 Å². The SMILES string of the molecule is c1ccc(-c2cccc(N(c3ccc(-c4ccc5ccc6ccc7ccccc7c6c5c4)cc3)c3cccc4c3sc3ccc5ccccc5c34)c2)cc1. The number of rotatable bonds is 5. The smallest absolute Gasteiger partial charge is 0.0640 e. The molecule has 0 saturated carbocycles. The lowest BCUT2D eigenvalue weighted by molar-refractivity contribution is 1.30. The maximum absolute atomic E-state index is 2.44. The summed E-state index contributed by atoms with van der Waals surface area (Å²) >= 11 is 1.88. The molecule has 0 bridgehead atoms. The zero-order chi connectivity index (χ0) is 35.6. The third-order valence-electron chi connectivity index (χ3n) is 11.0. The summed E-state index contributed by atoms with van der Waals surface area (Å²) in [6, 6.07) is 73.5. The molecule has 0 amide bonds. The van der Waals surface area contributed by atoms with Gasteiger partial charge in [-0.3, -0.25) is 0 Å². The van der Waals surface area contributed by atoms with Crippen molar-refractivity contribution in [2.24, 2.45) is 0 Å². The molecule has 0 N–H and O–H groups in total. The molecule has 0 saturated heterocycles. The van der Waals surface area contributed by atoms with Gasteiger partial charge in [-0.2, -0.15) is 0 Å². The Bertz CT molecular complexity index is 3210. The van der Waals surface area contributed by atoms with Crippen LogP contribution in [0.4, 0.5) is 17.1 Å². The predicted octanol–water partition coefficient (Wildman–Crippen LogP) is 15.5. The fraction of sp³-hybridized carbons (Fsp3) is 0. The minimum atomic E-state index is 1.12. The van der Waals surface area contributed by atoms with E-state index in [9.17, 15) is 0 Å². The van der Waals surface area contributed by atoms with Crippen molar-refractivity contribution in [3.63, 3.8) is 0 Å². The fourth-order valence-corrected chi connectivity index (χ4v) is 9.64. The highest BCUT2D eigenvalue weighted by atomic mass is 32.1. The molecule has 0 aliphatic carbocycles. The largest absolute Gasteiger partial charge is 0.309 e. The summed E-state index contributed by atoms with van der Waals surface area (Å²) in [7, 11) is 0. The van der Waals surface area contributed by atoms with Gasteiger partial charge in [-0.05, 0) is 108 Å². The number of anilines is 3. The Balaban J connectivity index is 1.09. The molecule has 54 heavy (non-hydrogen) atoms. The molecule has 0 aliphatic heterocycles. The molecule has 0 aliphatic rings. The second-order valence-corrected chi connectivity index (χ2v) is 15.2. The van der Waals surface area contributed by atoms with Crippen molar-refractivity contribution in [1.29, 1.82) is 0 Å². The van der Waals surface area contributed by atoms with E-state index in [2.05, 4.69) is 205 Å². The lowest BCUT2D eigenvalue weighted by Gasteiger charge is -2.27. The van der Waals surface area contributed by atoms with Crippen LogP contribution in [0.1, 0.15) is 0 Å². The Morgan fingerprint density at radius 3 is 1.67 bits per heavy atom. The van der Waals surface area contributed by atoms with E-state index in [0.29, 0.717) is 0 Å². The zero-order valence-corrected chi connectivity index (χ0v) is 30.2. The molecule has 10 aromatic carbocycles. The fourth-order valence-electron chi connectivity index (χ4n) is 8.42. The van der Waals surface area contributed by atoms with Crippen molar-refractivity contribution in [1.82, 2.24) is 0 Å². The van der Waals surface area contributed by atoms with E-state index < -0.39 is 0 Å². The first kappa shape index (κ1) is 30.8. The molecule has 1 nitrogen and oxygen atoms in total. The lowest BCUT2D eigenvalue weighted by Crippen LogP contribution is -2.10. The van der Waals surface area contributed by atoms with Crippen molar-refractivity contribution >= 4 is 91.7 Å². The number of nitrogens with zero attached hydrogens (tertiary/aromatic N) is 1. The standard InChI is InChI=1S/C52H33NS/c1-2-10-34(11-3-1)40-14-8-15-43(32-40)53(48-19-9-18-46-51-45-17-7-5-13-37(45)28-31-49(51)54-52(46)48)42-29-26-35(27-30-42)41-25-22-38-21-24-39-23-20-36-12-4-6-16-44(36)50(39)47(38)33-41/h1-33H. The van der Waals surface area contributed by atoms with Crippen LogP contribution in [0.2, 0.25) is 0 Å². The first-order chi connectivity index (χ1) is 26.8. The van der Waals surface area contributed by atoms with E-state index in [-0.39, 0.29) is 0 Å². The van der Waals surface area contributed by atoms with Gasteiger partial charge in [-0.25, -0.2) is 0 Å². The predicted molar refractivity (Wildman–Crippen MR) is 235 cm³/mol. The number of hydrogen-bond donors (Lipinski definition) is 0. The molecule has 0 atom stereocenters. The number of fused-ring (bicyclic) bond motifs is 10. The van der Waals surface area contributed by atoms with Crippen LogP contribution in [0.3, 0.4) is 0 Å². The number of benzene rings is 10. The van der Waals surface area contributed by atoms with Gasteiger partial charge >= 0.3 is 0 Å². The minimum absolute atomic E-state index is 1.12. The monoisotopic (exact) mass is 703 g/mol. The lowest BCUT2D eigenvalue weighted by atomic mass is 9.94. The van der Waals surface area contributed by atoms with Crippen LogP contribution in [0.15, 0.2) is 200 Å². The molecular formula is C52H33NS. The molecule has 0 spiro atoms. The topological polar surface area (TPSA) is 3.24 Å². The van der Waals surface area contributed by atoms with Gasteiger partial charge in [0, 0.05) is 26.8 Å². The molecule has 1 aromatic heterocycles. The molecule has 252 valence electrons. The van der Waals surface area contributed by atoms with Crippen molar-refractivity contribution in [2.75, 3.05) is 4.90 Å². The highest BCUT2D eigenvalue weighted by Gasteiger charge is 2.20. The molecule has 0 fully saturated rings. The highest BCUT2D eigenvalue weighted by Crippen LogP contribution is 2.47. The van der Waals surface area contributed by atoms with Gasteiger partial charge in [0.1, 0.15) is 0 Å². The van der Waals surface area contributed by atoms with Gasteiger partial charge in [0.25, 0.3) is 0 Å². The average molecular weight is 704 g/mol. The third-order valence-corrected chi connectivity index (χ3v) is 12.2. The van der Waals surface area contributed by atoms with Gasteiger partial charge in [0.05, 0.1) is 10.4 Å². The minimum Gasteiger partial charge on any atom is -0.309 e. The summed E-state index contributed by atoms with van der Waals surface area (Å²) in [5.74, 6) is 0. The first-order valence-corrected chi connectivity index (χ1v) is 19.3. The van der Waals surface area contributed by atoms with Crippen molar-refractivity contribution in [2.45, 2.75) is 0 Å². The van der Waals surface area contributed by atoms with E-state index in [1.54, 1.807) is 0 Å². The summed E-state index contributed by atoms with van der Waals surface area (Å²) in [5, 5.41) is 12.9. The van der Waals surface area contributed by atoms with E-state index in [1.165, 1.54) is 91.2 Å². The first-order valence-electron chi connectivity index (χ1n) is 18.5. The molecule has 11 rings (SSSR count). The third kappa shape index (κ3) is 4.99. The molecular weight excluding hydrogens is 671 g/mol. The Kier molecular flexibility index (Phi) is 7.11. The average Bonchev–Trinajstić information content (AvgIpc) is 3.64. The van der Waals surface area contributed by atoms with Crippen molar-refractivity contribution in [3.05, 3.63) is 200 Å². The van der Waals surface area contributed by atoms with Crippen molar-refractivity contribution in [3.8, 4) is 22.3 Å². The Morgan fingerprint density at radius 1 is 0.315 bits per heavy atom.